The van der Waals surface area contributed by atoms with Gasteiger partial charge in [0.2, 0.25) is 11.8 Å². The van der Waals surface area contributed by atoms with E-state index in [1.165, 1.54) is 51.5 Å². The summed E-state index contributed by atoms with van der Waals surface area (Å²) in [6.45, 7) is 4.60. The van der Waals surface area contributed by atoms with E-state index in [1.54, 1.807) is 11.1 Å². The SMILES string of the molecule is O=C1CCCCN1CC(=O)N(Cc1cccnc1)CC1CCCN(C2CCCCC2)C1. The van der Waals surface area contributed by atoms with Crippen LogP contribution < -0.4 is 0 Å². The van der Waals surface area contributed by atoms with Crippen LogP contribution in [0.5, 0.6) is 0 Å². The average Bonchev–Trinajstić information content (AvgIpc) is 2.81. The van der Waals surface area contributed by atoms with E-state index in [0.29, 0.717) is 25.4 Å². The molecular formula is C25H38N4O2. The minimum atomic E-state index is 0.0777. The Labute approximate surface area is 187 Å². The summed E-state index contributed by atoms with van der Waals surface area (Å²) in [5, 5.41) is 0. The maximum Gasteiger partial charge on any atom is 0.242 e. The molecule has 4 rings (SSSR count). The summed E-state index contributed by atoms with van der Waals surface area (Å²) < 4.78 is 0. The highest BCUT2D eigenvalue weighted by Gasteiger charge is 2.30. The number of carbonyl (C=O) groups is 2. The lowest BCUT2D eigenvalue weighted by Gasteiger charge is -2.41. The number of pyridine rings is 1. The largest absolute Gasteiger partial charge is 0.336 e. The van der Waals surface area contributed by atoms with Gasteiger partial charge in [0.25, 0.3) is 0 Å². The fraction of sp³-hybridized carbons (Fsp3) is 0.720. The summed E-state index contributed by atoms with van der Waals surface area (Å²) in [6.07, 6.45) is 15.3. The Balaban J connectivity index is 1.40. The minimum absolute atomic E-state index is 0.0777. The normalized spacial score (nSPS) is 23.7. The number of amides is 2. The Bertz CT molecular complexity index is 719. The first-order valence-corrected chi connectivity index (χ1v) is 12.4. The van der Waals surface area contributed by atoms with E-state index in [-0.39, 0.29) is 18.4 Å². The van der Waals surface area contributed by atoms with Crippen molar-refractivity contribution in [3.8, 4) is 0 Å². The zero-order chi connectivity index (χ0) is 21.5. The van der Waals surface area contributed by atoms with Crippen LogP contribution in [0.2, 0.25) is 0 Å². The minimum Gasteiger partial charge on any atom is -0.336 e. The number of rotatable bonds is 7. The summed E-state index contributed by atoms with van der Waals surface area (Å²) in [7, 11) is 0. The molecule has 0 spiro atoms. The summed E-state index contributed by atoms with van der Waals surface area (Å²) in [5.74, 6) is 0.712. The number of aromatic nitrogens is 1. The van der Waals surface area contributed by atoms with Crippen molar-refractivity contribution in [3.05, 3.63) is 30.1 Å². The number of piperidine rings is 2. The van der Waals surface area contributed by atoms with Gasteiger partial charge in [0.05, 0.1) is 6.54 Å². The lowest BCUT2D eigenvalue weighted by atomic mass is 9.90. The number of likely N-dealkylation sites (tertiary alicyclic amines) is 2. The number of hydrogen-bond acceptors (Lipinski definition) is 4. The number of carbonyl (C=O) groups excluding carboxylic acids is 2. The molecule has 2 amide bonds. The van der Waals surface area contributed by atoms with Crippen molar-refractivity contribution < 1.29 is 9.59 Å². The molecule has 0 N–H and O–H groups in total. The third-order valence-corrected chi connectivity index (χ3v) is 7.32. The molecular weight excluding hydrogens is 388 g/mol. The molecule has 1 aromatic rings. The molecule has 31 heavy (non-hydrogen) atoms. The first kappa shape index (κ1) is 22.3. The molecule has 0 aromatic carbocycles. The summed E-state index contributed by atoms with van der Waals surface area (Å²) >= 11 is 0. The quantitative estimate of drug-likeness (QED) is 0.670. The van der Waals surface area contributed by atoms with Crippen molar-refractivity contribution in [1.29, 1.82) is 0 Å². The van der Waals surface area contributed by atoms with Crippen molar-refractivity contribution in [2.45, 2.75) is 76.8 Å². The van der Waals surface area contributed by atoms with Crippen LogP contribution in [-0.2, 0) is 16.1 Å². The molecule has 3 fully saturated rings. The molecule has 1 aliphatic carbocycles. The van der Waals surface area contributed by atoms with E-state index in [9.17, 15) is 9.59 Å². The third kappa shape index (κ3) is 6.28. The van der Waals surface area contributed by atoms with Gasteiger partial charge in [0.15, 0.2) is 0 Å². The molecule has 3 heterocycles. The average molecular weight is 427 g/mol. The van der Waals surface area contributed by atoms with E-state index in [1.807, 2.05) is 23.2 Å². The van der Waals surface area contributed by atoms with Crippen LogP contribution in [0.4, 0.5) is 0 Å². The smallest absolute Gasteiger partial charge is 0.242 e. The molecule has 2 aliphatic heterocycles. The second kappa shape index (κ2) is 11.1. The van der Waals surface area contributed by atoms with Crippen LogP contribution in [-0.4, -0.2) is 70.3 Å². The first-order valence-electron chi connectivity index (χ1n) is 12.4. The predicted molar refractivity (Wildman–Crippen MR) is 121 cm³/mol. The molecule has 1 unspecified atom stereocenters. The Hall–Kier alpha value is -1.95. The van der Waals surface area contributed by atoms with Gasteiger partial charge in [-0.15, -0.1) is 0 Å². The zero-order valence-corrected chi connectivity index (χ0v) is 18.9. The Morgan fingerprint density at radius 3 is 2.71 bits per heavy atom. The highest BCUT2D eigenvalue weighted by atomic mass is 16.2. The maximum atomic E-state index is 13.3. The highest BCUT2D eigenvalue weighted by molar-refractivity contribution is 5.85. The van der Waals surface area contributed by atoms with Gasteiger partial charge < -0.3 is 14.7 Å². The van der Waals surface area contributed by atoms with Crippen LogP contribution in [0.1, 0.15) is 69.8 Å². The van der Waals surface area contributed by atoms with Gasteiger partial charge in [-0.25, -0.2) is 0 Å². The summed E-state index contributed by atoms with van der Waals surface area (Å²) in [4.78, 5) is 36.3. The Kier molecular flexibility index (Phi) is 7.95. The molecule has 0 bridgehead atoms. The summed E-state index contributed by atoms with van der Waals surface area (Å²) in [5.41, 5.74) is 1.06. The van der Waals surface area contributed by atoms with Crippen LogP contribution in [0, 0.1) is 5.92 Å². The molecule has 6 heteroatoms. The predicted octanol–water partition coefficient (Wildman–Crippen LogP) is 3.47. The van der Waals surface area contributed by atoms with E-state index in [2.05, 4.69) is 9.88 Å². The van der Waals surface area contributed by atoms with Crippen LogP contribution in [0.3, 0.4) is 0 Å². The van der Waals surface area contributed by atoms with Crippen molar-refractivity contribution >= 4 is 11.8 Å². The van der Waals surface area contributed by atoms with Crippen molar-refractivity contribution in [1.82, 2.24) is 19.7 Å². The molecule has 2 saturated heterocycles. The fourth-order valence-electron chi connectivity index (χ4n) is 5.59. The molecule has 1 aromatic heterocycles. The molecule has 1 saturated carbocycles. The second-order valence-electron chi connectivity index (χ2n) is 9.70. The van der Waals surface area contributed by atoms with E-state index >= 15 is 0 Å². The highest BCUT2D eigenvalue weighted by Crippen LogP contribution is 2.28. The number of nitrogens with zero attached hydrogens (tertiary/aromatic N) is 4. The van der Waals surface area contributed by atoms with E-state index < -0.39 is 0 Å². The third-order valence-electron chi connectivity index (χ3n) is 7.32. The second-order valence-corrected chi connectivity index (χ2v) is 9.70. The van der Waals surface area contributed by atoms with Gasteiger partial charge in [-0.1, -0.05) is 25.3 Å². The lowest BCUT2D eigenvalue weighted by Crippen LogP contribution is -2.49. The van der Waals surface area contributed by atoms with Crippen molar-refractivity contribution in [3.63, 3.8) is 0 Å². The first-order chi connectivity index (χ1) is 15.2. The van der Waals surface area contributed by atoms with Crippen LogP contribution in [0.15, 0.2) is 24.5 Å². The topological polar surface area (TPSA) is 56.8 Å². The van der Waals surface area contributed by atoms with Gasteiger partial charge in [-0.3, -0.25) is 14.6 Å². The monoisotopic (exact) mass is 426 g/mol. The van der Waals surface area contributed by atoms with Gasteiger partial charge in [0, 0.05) is 51.0 Å². The van der Waals surface area contributed by atoms with E-state index in [0.717, 1.165) is 37.5 Å². The van der Waals surface area contributed by atoms with E-state index in [4.69, 9.17) is 0 Å². The van der Waals surface area contributed by atoms with Crippen LogP contribution in [0.25, 0.3) is 0 Å². The van der Waals surface area contributed by atoms with Gasteiger partial charge in [-0.05, 0) is 62.6 Å². The molecule has 3 aliphatic rings. The molecule has 170 valence electrons. The van der Waals surface area contributed by atoms with Crippen molar-refractivity contribution in [2.24, 2.45) is 5.92 Å². The van der Waals surface area contributed by atoms with Gasteiger partial charge in [0.1, 0.15) is 0 Å². The Morgan fingerprint density at radius 2 is 1.94 bits per heavy atom. The summed E-state index contributed by atoms with van der Waals surface area (Å²) in [6, 6.07) is 4.71. The van der Waals surface area contributed by atoms with Gasteiger partial charge in [-0.2, -0.15) is 0 Å². The molecule has 0 radical (unpaired) electrons. The molecule has 1 atom stereocenters. The maximum absolute atomic E-state index is 13.3. The van der Waals surface area contributed by atoms with Gasteiger partial charge >= 0.3 is 0 Å². The fourth-order valence-corrected chi connectivity index (χ4v) is 5.59. The molecule has 6 nitrogen and oxygen atoms in total. The standard InChI is InChI=1S/C25H38N4O2/c30-24-12-4-5-14-28(24)20-25(31)29(17-21-8-6-13-26-16-21)19-22-9-7-15-27(18-22)23-10-2-1-3-11-23/h6,8,13,16,22-23H,1-5,7,9-12,14-15,17-20H2. The van der Waals surface area contributed by atoms with Crippen molar-refractivity contribution in [2.75, 3.05) is 32.7 Å². The Morgan fingerprint density at radius 1 is 1.06 bits per heavy atom. The lowest BCUT2D eigenvalue weighted by molar-refractivity contribution is -0.142. The zero-order valence-electron chi connectivity index (χ0n) is 18.9. The number of hydrogen-bond donors (Lipinski definition) is 0. The van der Waals surface area contributed by atoms with Crippen LogP contribution >= 0.6 is 0 Å².